The van der Waals surface area contributed by atoms with Gasteiger partial charge in [-0.25, -0.2) is 19.4 Å². The number of nitrogens with zero attached hydrogens (tertiary/aromatic N) is 3. The predicted octanol–water partition coefficient (Wildman–Crippen LogP) is 9.55. The number of carboxylic acid groups (broad SMARTS) is 1. The molecule has 0 saturated carbocycles. The number of hydrogen-bond acceptors (Lipinski definition) is 12. The summed E-state index contributed by atoms with van der Waals surface area (Å²) in [6, 6.07) is 22.0. The van der Waals surface area contributed by atoms with Crippen LogP contribution in [0.3, 0.4) is 0 Å². The fraction of sp³-hybridized carbons (Fsp3) is 0.423. The Morgan fingerprint density at radius 1 is 0.722 bits per heavy atom. The third kappa shape index (κ3) is 14.0. The molecule has 2 aliphatic rings. The molecule has 4 atom stereocenters. The Bertz CT molecular complexity index is 2780. The number of Topliss-reactive ketones (excluding diaryl/α,β-unsaturated/α-hetero) is 1. The molecular formula is C52H65Br2N7O11. The number of halogens is 2. The van der Waals surface area contributed by atoms with Crippen molar-refractivity contribution in [3.8, 4) is 11.3 Å². The number of carboxylic acids is 1. The van der Waals surface area contributed by atoms with Gasteiger partial charge >= 0.3 is 18.2 Å². The first kappa shape index (κ1) is 58.2. The third-order valence-electron chi connectivity index (χ3n) is 12.7. The molecule has 7 N–H and O–H groups in total. The predicted molar refractivity (Wildman–Crippen MR) is 280 cm³/mol. The number of nitrogens with one attached hydrogen (secondary N) is 3. The van der Waals surface area contributed by atoms with Crippen LogP contribution < -0.4 is 16.8 Å². The van der Waals surface area contributed by atoms with E-state index in [9.17, 15) is 28.8 Å². The molecule has 4 amide bonds. The van der Waals surface area contributed by atoms with Crippen molar-refractivity contribution in [2.24, 2.45) is 11.8 Å². The molecule has 7 rings (SSSR count). The molecule has 72 heavy (non-hydrogen) atoms. The lowest BCUT2D eigenvalue weighted by molar-refractivity contribution is -0.160. The van der Waals surface area contributed by atoms with E-state index in [1.165, 1.54) is 19.1 Å². The van der Waals surface area contributed by atoms with Gasteiger partial charge in [-0.15, -0.1) is 0 Å². The monoisotopic (exact) mass is 1120 g/mol. The highest BCUT2D eigenvalue weighted by atomic mass is 79.9. The van der Waals surface area contributed by atoms with Gasteiger partial charge in [-0.2, -0.15) is 0 Å². The van der Waals surface area contributed by atoms with Gasteiger partial charge in [0, 0.05) is 40.1 Å². The lowest BCUT2D eigenvalue weighted by atomic mass is 9.95. The summed E-state index contributed by atoms with van der Waals surface area (Å²) in [5.41, 5.74) is 0.577. The number of fused-ring (bicyclic) bond motifs is 2. The number of carbonyl (C=O) groups is 7. The maximum Gasteiger partial charge on any atom is 0.407 e. The highest BCUT2D eigenvalue weighted by Gasteiger charge is 2.49. The molecule has 0 unspecified atom stereocenters. The number of aromatic nitrogens is 2. The number of rotatable bonds is 12. The minimum Gasteiger partial charge on any atom is -0.481 e. The van der Waals surface area contributed by atoms with Gasteiger partial charge in [-0.1, -0.05) is 96.0 Å². The Morgan fingerprint density at radius 2 is 1.19 bits per heavy atom. The number of likely N-dealkylation sites (tertiary alicyclic amines) is 2. The van der Waals surface area contributed by atoms with Crippen LogP contribution in [0, 0.1) is 11.8 Å². The summed E-state index contributed by atoms with van der Waals surface area (Å²) in [7, 11) is 2.52. The average Bonchev–Trinajstić information content (AvgIpc) is 4.10. The Morgan fingerprint density at radius 3 is 1.74 bits per heavy atom. The summed E-state index contributed by atoms with van der Waals surface area (Å²) in [4.78, 5) is 96.5. The van der Waals surface area contributed by atoms with Crippen LogP contribution in [-0.2, 0) is 38.9 Å². The van der Waals surface area contributed by atoms with Crippen LogP contribution in [-0.4, -0.2) is 118 Å². The van der Waals surface area contributed by atoms with Gasteiger partial charge in [0.1, 0.15) is 23.4 Å². The lowest BCUT2D eigenvalue weighted by Crippen LogP contribution is -2.58. The number of carbonyl (C=O) groups excluding carboxylic acids is 6. The second-order valence-electron chi connectivity index (χ2n) is 18.5. The van der Waals surface area contributed by atoms with Crippen molar-refractivity contribution in [3.63, 3.8) is 0 Å². The van der Waals surface area contributed by atoms with Crippen molar-refractivity contribution >= 4 is 95.1 Å². The van der Waals surface area contributed by atoms with E-state index < -0.39 is 53.9 Å². The molecule has 5 aromatic rings. The number of hydrogen-bond donors (Lipinski definition) is 5. The second kappa shape index (κ2) is 25.3. The Kier molecular flexibility index (Phi) is 20.5. The number of H-pyrrole nitrogens is 1. The van der Waals surface area contributed by atoms with Crippen LogP contribution in [0.25, 0.3) is 32.8 Å². The minimum atomic E-state index is -1.22. The van der Waals surface area contributed by atoms with Crippen LogP contribution in [0.4, 0.5) is 9.59 Å². The number of aliphatic carboxylic acids is 1. The van der Waals surface area contributed by atoms with E-state index in [0.717, 1.165) is 67.3 Å². The molecule has 2 saturated heterocycles. The molecular weight excluding hydrogens is 1060 g/mol. The Labute approximate surface area is 436 Å². The molecule has 20 heteroatoms. The van der Waals surface area contributed by atoms with Gasteiger partial charge in [0.15, 0.2) is 12.4 Å². The molecule has 3 heterocycles. The van der Waals surface area contributed by atoms with E-state index in [2.05, 4.69) is 87.5 Å². The average molecular weight is 1120 g/mol. The zero-order valence-corrected chi connectivity index (χ0v) is 45.3. The quantitative estimate of drug-likeness (QED) is 0.0443. The number of benzene rings is 4. The van der Waals surface area contributed by atoms with Gasteiger partial charge < -0.3 is 50.9 Å². The van der Waals surface area contributed by atoms with E-state index in [4.69, 9.17) is 19.4 Å². The third-order valence-corrected chi connectivity index (χ3v) is 13.7. The second-order valence-corrected chi connectivity index (χ2v) is 20.4. The van der Waals surface area contributed by atoms with E-state index in [1.54, 1.807) is 32.9 Å². The van der Waals surface area contributed by atoms with Crippen LogP contribution in [0.2, 0.25) is 0 Å². The van der Waals surface area contributed by atoms with Crippen molar-refractivity contribution in [2.45, 2.75) is 97.3 Å². The number of alkyl carbamates (subject to hydrolysis) is 2. The van der Waals surface area contributed by atoms with Crippen LogP contribution in [0.5, 0.6) is 0 Å². The number of aromatic amines is 1. The molecule has 388 valence electrons. The van der Waals surface area contributed by atoms with Gasteiger partial charge in [-0.3, -0.25) is 19.2 Å². The summed E-state index contributed by atoms with van der Waals surface area (Å²) in [6.07, 6.45) is 3.17. The first-order valence-corrected chi connectivity index (χ1v) is 24.8. The minimum absolute atomic E-state index is 0. The first-order chi connectivity index (χ1) is 33.5. The van der Waals surface area contributed by atoms with Crippen LogP contribution in [0.1, 0.15) is 90.3 Å². The maximum absolute atomic E-state index is 13.5. The maximum atomic E-state index is 13.5. The fourth-order valence-electron chi connectivity index (χ4n) is 8.71. The van der Waals surface area contributed by atoms with Crippen molar-refractivity contribution in [1.82, 2.24) is 36.6 Å². The Hall–Kier alpha value is -6.38. The topological polar surface area (TPSA) is 262 Å². The zero-order chi connectivity index (χ0) is 52.4. The molecule has 18 nitrogen and oxygen atoms in total. The van der Waals surface area contributed by atoms with E-state index >= 15 is 0 Å². The van der Waals surface area contributed by atoms with Crippen molar-refractivity contribution in [3.05, 3.63) is 99.3 Å². The summed E-state index contributed by atoms with van der Waals surface area (Å²) in [5, 5.41) is 16.8. The standard InChI is InChI=1S/C25H29BrN4O3.C25H29BrN2O6.C2H4O2.H3N/c1-15(2)21(29-24(32)33-4)22(31)30-11-5-10-25(30,3)23-27-14-20(28-23)18-7-6-17-13-19(26)9-8-16(17)12-18;1-15(2)21(27-24(32)33-4)22(30)28-11-5-10-25(28,3)23(31)34-14-20(29)18-7-6-17-13-19(26)9-8-16(17)12-18;1-2(3)4;/h6-9,12-15,21H,5,10-11H2,1-4H3,(H,27,28)(H,29,32);6-9,12-13,15,21H,5,10-11,14H2,1-4H3,(H,27,32);1H3,(H,3,4);1H3/t2*21-,25-;;/m00../s1. The molecule has 1 aromatic heterocycles. The molecule has 0 spiro atoms. The first-order valence-electron chi connectivity index (χ1n) is 23.2. The van der Waals surface area contributed by atoms with Gasteiger partial charge in [0.05, 0.1) is 31.6 Å². The smallest absolute Gasteiger partial charge is 0.407 e. The highest BCUT2D eigenvalue weighted by Crippen LogP contribution is 2.39. The molecule has 2 aliphatic heterocycles. The summed E-state index contributed by atoms with van der Waals surface area (Å²) in [6.45, 7) is 12.7. The van der Waals surface area contributed by atoms with Gasteiger partial charge in [-0.05, 0) is 109 Å². The van der Waals surface area contributed by atoms with Crippen LogP contribution >= 0.6 is 31.9 Å². The SMILES string of the molecule is CC(=O)O.COC(=O)N[C@H](C(=O)N1CCC[C@@]1(C)C(=O)OCC(=O)c1ccc2cc(Br)ccc2c1)C(C)C.COC(=O)N[C@H](C(=O)N1CCC[C@@]1(C)c1ncc(-c2ccc3cc(Br)ccc3c2)[nH]1)C(C)C.N. The van der Waals surface area contributed by atoms with Crippen molar-refractivity contribution in [2.75, 3.05) is 33.9 Å². The summed E-state index contributed by atoms with van der Waals surface area (Å²) < 4.78 is 16.7. The number of imidazole rings is 1. The molecule has 0 bridgehead atoms. The molecule has 4 aromatic carbocycles. The highest BCUT2D eigenvalue weighted by molar-refractivity contribution is 9.10. The number of amides is 4. The molecule has 0 aliphatic carbocycles. The van der Waals surface area contributed by atoms with E-state index in [0.29, 0.717) is 31.5 Å². The number of ether oxygens (including phenoxy) is 3. The summed E-state index contributed by atoms with van der Waals surface area (Å²) >= 11 is 6.94. The molecule has 0 radical (unpaired) electrons. The van der Waals surface area contributed by atoms with Crippen LogP contribution in [0.15, 0.2) is 87.9 Å². The number of methoxy groups -OCH3 is 2. The largest absolute Gasteiger partial charge is 0.481 e. The van der Waals surface area contributed by atoms with Gasteiger partial charge in [0.2, 0.25) is 11.8 Å². The molecule has 2 fully saturated rings. The Balaban J connectivity index is 0.000000287. The van der Waals surface area contributed by atoms with Crippen molar-refractivity contribution in [1.29, 1.82) is 0 Å². The lowest BCUT2D eigenvalue weighted by Gasteiger charge is -2.37. The van der Waals surface area contributed by atoms with E-state index in [1.807, 2.05) is 62.2 Å². The number of ketones is 1. The summed E-state index contributed by atoms with van der Waals surface area (Å²) in [5.74, 6) is -1.86. The number of esters is 1. The van der Waals surface area contributed by atoms with E-state index in [-0.39, 0.29) is 35.6 Å². The fourth-order valence-corrected chi connectivity index (χ4v) is 9.47. The van der Waals surface area contributed by atoms with Crippen molar-refractivity contribution < 1.29 is 52.9 Å². The van der Waals surface area contributed by atoms with Gasteiger partial charge in [0.25, 0.3) is 5.97 Å². The normalized spacial score (nSPS) is 17.9. The zero-order valence-electron chi connectivity index (χ0n) is 42.1.